The average Bonchev–Trinajstić information content (AvgIpc) is 2.95. The van der Waals surface area contributed by atoms with E-state index in [1.54, 1.807) is 38.1 Å². The lowest BCUT2D eigenvalue weighted by atomic mass is 10.1. The van der Waals surface area contributed by atoms with Crippen LogP contribution in [0.5, 0.6) is 5.75 Å². The highest BCUT2D eigenvalue weighted by Crippen LogP contribution is 2.38. The van der Waals surface area contributed by atoms with Crippen molar-refractivity contribution < 1.29 is 35.9 Å². The predicted octanol–water partition coefficient (Wildman–Crippen LogP) is 5.42. The Kier molecular flexibility index (Phi) is 10.5. The van der Waals surface area contributed by atoms with E-state index in [-0.39, 0.29) is 17.9 Å². The molecule has 0 fully saturated rings. The number of nitrogens with zero attached hydrogens (tertiary/aromatic N) is 2. The van der Waals surface area contributed by atoms with Crippen LogP contribution in [0.4, 0.5) is 18.9 Å². The molecule has 0 aliphatic heterocycles. The van der Waals surface area contributed by atoms with Crippen LogP contribution in [0.1, 0.15) is 30.0 Å². The number of benzene rings is 3. The number of hydrogen-bond donors (Lipinski definition) is 1. The number of carbonyl (C=O) groups is 2. The predicted molar refractivity (Wildman–Crippen MR) is 154 cm³/mol. The Hall–Kier alpha value is -3.77. The van der Waals surface area contributed by atoms with Gasteiger partial charge in [0.05, 0.1) is 28.3 Å². The summed E-state index contributed by atoms with van der Waals surface area (Å²) in [5.41, 5.74) is -0.308. The van der Waals surface area contributed by atoms with Crippen LogP contribution in [0.25, 0.3) is 0 Å². The van der Waals surface area contributed by atoms with E-state index in [9.17, 15) is 31.2 Å². The van der Waals surface area contributed by atoms with Crippen LogP contribution in [0.3, 0.4) is 0 Å². The first-order chi connectivity index (χ1) is 19.7. The molecule has 2 amide bonds. The SMILES string of the molecule is CC[C@@H](C(=O)NC)N(Cc1ccc(OC)cc1)C(=O)CN(c1ccc(Cl)c(C(F)(F)F)c1)S(=O)(=O)c1ccc(C)cc1. The number of carbonyl (C=O) groups excluding carboxylic acids is 2. The Balaban J connectivity index is 2.14. The maximum absolute atomic E-state index is 13.9. The summed E-state index contributed by atoms with van der Waals surface area (Å²) in [7, 11) is -1.66. The monoisotopic (exact) mass is 625 g/mol. The number of sulfonamides is 1. The number of nitrogens with one attached hydrogen (secondary N) is 1. The third-order valence-corrected chi connectivity index (χ3v) is 8.69. The molecule has 0 unspecified atom stereocenters. The zero-order valence-corrected chi connectivity index (χ0v) is 25.0. The van der Waals surface area contributed by atoms with Gasteiger partial charge >= 0.3 is 6.18 Å². The van der Waals surface area contributed by atoms with Crippen molar-refractivity contribution >= 4 is 39.1 Å². The summed E-state index contributed by atoms with van der Waals surface area (Å²) in [5, 5.41) is 1.88. The summed E-state index contributed by atoms with van der Waals surface area (Å²) < 4.78 is 74.7. The van der Waals surface area contributed by atoms with Crippen LogP contribution >= 0.6 is 11.6 Å². The zero-order chi connectivity index (χ0) is 31.2. The highest BCUT2D eigenvalue weighted by molar-refractivity contribution is 7.92. The van der Waals surface area contributed by atoms with E-state index < -0.39 is 56.9 Å². The van der Waals surface area contributed by atoms with Gasteiger partial charge in [0.15, 0.2) is 0 Å². The molecule has 0 saturated heterocycles. The molecular formula is C29H31ClF3N3O5S. The molecule has 13 heteroatoms. The van der Waals surface area contributed by atoms with Gasteiger partial charge in [0.1, 0.15) is 18.3 Å². The van der Waals surface area contributed by atoms with Gasteiger partial charge in [-0.1, -0.05) is 48.4 Å². The van der Waals surface area contributed by atoms with Crippen LogP contribution in [0.15, 0.2) is 71.6 Å². The third-order valence-electron chi connectivity index (χ3n) is 6.58. The lowest BCUT2D eigenvalue weighted by molar-refractivity contribution is -0.140. The smallest absolute Gasteiger partial charge is 0.417 e. The normalized spacial score (nSPS) is 12.4. The lowest BCUT2D eigenvalue weighted by Gasteiger charge is -2.33. The van der Waals surface area contributed by atoms with Crippen molar-refractivity contribution in [2.45, 2.75) is 43.9 Å². The fourth-order valence-electron chi connectivity index (χ4n) is 4.27. The summed E-state index contributed by atoms with van der Waals surface area (Å²) >= 11 is 5.80. The largest absolute Gasteiger partial charge is 0.497 e. The van der Waals surface area contributed by atoms with E-state index in [2.05, 4.69) is 5.32 Å². The van der Waals surface area contributed by atoms with Gasteiger partial charge in [-0.2, -0.15) is 13.2 Å². The van der Waals surface area contributed by atoms with Crippen LogP contribution in [0.2, 0.25) is 5.02 Å². The number of alkyl halides is 3. The van der Waals surface area contributed by atoms with Crippen LogP contribution in [-0.2, 0) is 32.3 Å². The van der Waals surface area contributed by atoms with Gasteiger partial charge in [0.2, 0.25) is 11.8 Å². The Morgan fingerprint density at radius 3 is 2.17 bits per heavy atom. The number of anilines is 1. The van der Waals surface area contributed by atoms with Crippen molar-refractivity contribution in [3.8, 4) is 5.75 Å². The summed E-state index contributed by atoms with van der Waals surface area (Å²) in [4.78, 5) is 27.7. The molecular weight excluding hydrogens is 595 g/mol. The third kappa shape index (κ3) is 7.54. The molecule has 42 heavy (non-hydrogen) atoms. The van der Waals surface area contributed by atoms with Gasteiger partial charge in [-0.25, -0.2) is 8.42 Å². The number of hydrogen-bond acceptors (Lipinski definition) is 5. The molecule has 0 bridgehead atoms. The topological polar surface area (TPSA) is 96.0 Å². The molecule has 3 aromatic rings. The van der Waals surface area contributed by atoms with Crippen LogP contribution in [0, 0.1) is 6.92 Å². The van der Waals surface area contributed by atoms with E-state index in [0.717, 1.165) is 17.7 Å². The molecule has 0 spiro atoms. The van der Waals surface area contributed by atoms with Gasteiger partial charge in [-0.15, -0.1) is 0 Å². The minimum absolute atomic E-state index is 0.0818. The van der Waals surface area contributed by atoms with Crippen molar-refractivity contribution in [3.63, 3.8) is 0 Å². The molecule has 226 valence electrons. The molecule has 3 rings (SSSR count). The maximum atomic E-state index is 13.9. The van der Waals surface area contributed by atoms with E-state index in [1.807, 2.05) is 0 Å². The molecule has 0 saturated carbocycles. The lowest BCUT2D eigenvalue weighted by Crippen LogP contribution is -2.51. The zero-order valence-electron chi connectivity index (χ0n) is 23.4. The highest BCUT2D eigenvalue weighted by Gasteiger charge is 2.37. The number of likely N-dealkylation sites (N-methyl/N-ethyl adjacent to an activating group) is 1. The molecule has 1 N–H and O–H groups in total. The molecule has 0 aliphatic rings. The van der Waals surface area contributed by atoms with Crippen molar-refractivity contribution in [1.29, 1.82) is 0 Å². The van der Waals surface area contributed by atoms with Crippen molar-refractivity contribution in [2.24, 2.45) is 0 Å². The Morgan fingerprint density at radius 2 is 1.64 bits per heavy atom. The first-order valence-electron chi connectivity index (χ1n) is 12.8. The molecule has 0 aromatic heterocycles. The van der Waals surface area contributed by atoms with E-state index in [0.29, 0.717) is 21.7 Å². The molecule has 8 nitrogen and oxygen atoms in total. The van der Waals surface area contributed by atoms with Crippen molar-refractivity contribution in [3.05, 3.63) is 88.4 Å². The van der Waals surface area contributed by atoms with Gasteiger partial charge in [0, 0.05) is 13.6 Å². The van der Waals surface area contributed by atoms with Crippen molar-refractivity contribution in [2.75, 3.05) is 25.0 Å². The van der Waals surface area contributed by atoms with Gasteiger partial charge in [0.25, 0.3) is 10.0 Å². The Morgan fingerprint density at radius 1 is 1.02 bits per heavy atom. The fraction of sp³-hybridized carbons (Fsp3) is 0.310. The Labute approximate surface area is 248 Å². The molecule has 0 heterocycles. The van der Waals surface area contributed by atoms with Gasteiger partial charge < -0.3 is 15.0 Å². The summed E-state index contributed by atoms with van der Waals surface area (Å²) in [5.74, 6) is -0.729. The molecule has 0 radical (unpaired) electrons. The van der Waals surface area contributed by atoms with Crippen molar-refractivity contribution in [1.82, 2.24) is 10.2 Å². The number of rotatable bonds is 11. The summed E-state index contributed by atoms with van der Waals surface area (Å²) in [6.07, 6.45) is -4.70. The second-order valence-corrected chi connectivity index (χ2v) is 11.7. The number of aryl methyl sites for hydroxylation is 1. The number of methoxy groups -OCH3 is 1. The average molecular weight is 626 g/mol. The number of ether oxygens (including phenoxy) is 1. The van der Waals surface area contributed by atoms with Crippen LogP contribution in [-0.4, -0.2) is 51.9 Å². The highest BCUT2D eigenvalue weighted by atomic mass is 35.5. The first kappa shape index (κ1) is 32.7. The molecule has 3 aromatic carbocycles. The Bertz CT molecular complexity index is 1510. The second-order valence-electron chi connectivity index (χ2n) is 9.39. The fourth-order valence-corrected chi connectivity index (χ4v) is 5.90. The van der Waals surface area contributed by atoms with Gasteiger partial charge in [-0.3, -0.25) is 13.9 Å². The summed E-state index contributed by atoms with van der Waals surface area (Å²) in [6, 6.07) is 14.0. The number of halogens is 4. The molecule has 1 atom stereocenters. The van der Waals surface area contributed by atoms with Crippen LogP contribution < -0.4 is 14.4 Å². The van der Waals surface area contributed by atoms with E-state index in [1.165, 1.54) is 43.3 Å². The van der Waals surface area contributed by atoms with E-state index in [4.69, 9.17) is 16.3 Å². The molecule has 0 aliphatic carbocycles. The first-order valence-corrected chi connectivity index (χ1v) is 14.6. The second kappa shape index (κ2) is 13.5. The maximum Gasteiger partial charge on any atom is 0.417 e. The minimum atomic E-state index is -4.89. The van der Waals surface area contributed by atoms with Gasteiger partial charge in [-0.05, 0) is 61.4 Å². The number of amides is 2. The summed E-state index contributed by atoms with van der Waals surface area (Å²) in [6.45, 7) is 2.46. The van der Waals surface area contributed by atoms with E-state index >= 15 is 0 Å². The quantitative estimate of drug-likeness (QED) is 0.307. The standard InChI is InChI=1S/C29H31ClF3N3O5S/c1-5-26(28(38)34-3)35(17-20-8-11-22(41-4)12-9-20)27(37)18-36(42(39,40)23-13-6-19(2)7-14-23)21-10-15-25(30)24(16-21)29(31,32)33/h6-16,26H,5,17-18H2,1-4H3,(H,34,38)/t26-/m0/s1. The minimum Gasteiger partial charge on any atom is -0.497 e.